The van der Waals surface area contributed by atoms with Gasteiger partial charge in [-0.15, -0.1) is 0 Å². The maximum absolute atomic E-state index is 13.9. The van der Waals surface area contributed by atoms with Crippen LogP contribution in [0.25, 0.3) is 11.1 Å². The summed E-state index contributed by atoms with van der Waals surface area (Å²) >= 11 is 0. The Morgan fingerprint density at radius 3 is 2.23 bits per heavy atom. The Hall–Kier alpha value is -3.80. The highest BCUT2D eigenvalue weighted by Gasteiger charge is 2.97. The number of esters is 4. The molecule has 3 aliphatic heterocycles. The van der Waals surface area contributed by atoms with Crippen LogP contribution < -0.4 is 0 Å². The number of hydrogen-bond acceptors (Lipinski definition) is 11. The van der Waals surface area contributed by atoms with Crippen LogP contribution in [-0.4, -0.2) is 74.6 Å². The summed E-state index contributed by atoms with van der Waals surface area (Å²) in [6.45, 7) is 9.10. The fourth-order valence-electron chi connectivity index (χ4n) is 10.5. The Kier molecular flexibility index (Phi) is 7.58. The molecule has 11 atom stereocenters. The summed E-state index contributed by atoms with van der Waals surface area (Å²) in [7, 11) is 2.77. The average Bonchev–Trinajstić information content (AvgIpc) is 3.75. The van der Waals surface area contributed by atoms with Gasteiger partial charge in [0, 0.05) is 25.9 Å². The van der Waals surface area contributed by atoms with Gasteiger partial charge >= 0.3 is 23.9 Å². The van der Waals surface area contributed by atoms with Crippen LogP contribution in [0.3, 0.4) is 0 Å². The maximum atomic E-state index is 13.9. The number of carbonyl (C=O) groups is 4. The van der Waals surface area contributed by atoms with Crippen molar-refractivity contribution in [2.45, 2.75) is 84.0 Å². The Balaban J connectivity index is 1.37. The number of benzene rings is 2. The third-order valence-electron chi connectivity index (χ3n) is 11.8. The lowest BCUT2D eigenvalue weighted by Gasteiger charge is -2.48. The molecular weight excluding hydrogens is 620 g/mol. The molecule has 2 aromatic rings. The van der Waals surface area contributed by atoms with E-state index in [2.05, 4.69) is 0 Å². The number of carbonyl (C=O) groups excluding carboxylic acids is 4. The molecule has 0 amide bonds. The Morgan fingerprint density at radius 1 is 0.958 bits per heavy atom. The second kappa shape index (κ2) is 11.1. The van der Waals surface area contributed by atoms with Gasteiger partial charge in [-0.3, -0.25) is 9.59 Å². The molecular formula is C37H42O11. The molecule has 48 heavy (non-hydrogen) atoms. The van der Waals surface area contributed by atoms with E-state index >= 15 is 0 Å². The van der Waals surface area contributed by atoms with E-state index in [4.69, 9.17) is 33.2 Å². The van der Waals surface area contributed by atoms with Gasteiger partial charge in [0.1, 0.15) is 17.8 Å². The molecule has 11 heteroatoms. The molecule has 0 radical (unpaired) electrons. The first-order valence-electron chi connectivity index (χ1n) is 16.5. The van der Waals surface area contributed by atoms with Crippen molar-refractivity contribution in [1.82, 2.24) is 0 Å². The summed E-state index contributed by atoms with van der Waals surface area (Å²) in [4.78, 5) is 53.5. The summed E-state index contributed by atoms with van der Waals surface area (Å²) < 4.78 is 43.4. The third kappa shape index (κ3) is 4.04. The molecule has 256 valence electrons. The maximum Gasteiger partial charge on any atom is 0.340 e. The summed E-state index contributed by atoms with van der Waals surface area (Å²) in [5, 5.41) is 0. The number of hydrogen-bond donors (Lipinski definition) is 0. The van der Waals surface area contributed by atoms with Crippen LogP contribution in [0.15, 0.2) is 54.6 Å². The van der Waals surface area contributed by atoms with Crippen molar-refractivity contribution in [1.29, 1.82) is 0 Å². The molecule has 2 saturated carbocycles. The van der Waals surface area contributed by atoms with E-state index in [0.29, 0.717) is 12.8 Å². The molecule has 0 N–H and O–H groups in total. The molecule has 5 aliphatic rings. The summed E-state index contributed by atoms with van der Waals surface area (Å²) in [5.74, 6) is -4.08. The molecule has 2 aliphatic carbocycles. The zero-order chi connectivity index (χ0) is 34.4. The highest BCUT2D eigenvalue weighted by Crippen LogP contribution is 2.84. The summed E-state index contributed by atoms with van der Waals surface area (Å²) in [5.41, 5.74) is -2.18. The van der Waals surface area contributed by atoms with Gasteiger partial charge < -0.3 is 33.2 Å². The Bertz CT molecular complexity index is 1630. The number of ether oxygens (including phenoxy) is 7. The van der Waals surface area contributed by atoms with E-state index < -0.39 is 94.4 Å². The van der Waals surface area contributed by atoms with Crippen molar-refractivity contribution in [3.63, 3.8) is 0 Å². The van der Waals surface area contributed by atoms with Gasteiger partial charge in [-0.2, -0.15) is 0 Å². The molecule has 5 fully saturated rings. The molecule has 2 unspecified atom stereocenters. The lowest BCUT2D eigenvalue weighted by atomic mass is 9.51. The Labute approximate surface area is 279 Å². The minimum absolute atomic E-state index is 0.287. The molecule has 11 nitrogen and oxygen atoms in total. The fraction of sp³-hybridized carbons (Fsp3) is 0.568. The van der Waals surface area contributed by atoms with Crippen LogP contribution in [0, 0.1) is 34.0 Å². The van der Waals surface area contributed by atoms with Gasteiger partial charge in [-0.25, -0.2) is 9.59 Å². The minimum Gasteiger partial charge on any atom is -0.469 e. The minimum atomic E-state index is -1.48. The second-order valence-corrected chi connectivity index (χ2v) is 14.8. The van der Waals surface area contributed by atoms with Crippen LogP contribution in [0.5, 0.6) is 0 Å². The smallest absolute Gasteiger partial charge is 0.340 e. The van der Waals surface area contributed by atoms with E-state index in [1.165, 1.54) is 21.1 Å². The second-order valence-electron chi connectivity index (χ2n) is 14.8. The molecule has 0 bridgehead atoms. The SMILES string of the molecule is COC(=O)C(C)[C@H]1CC[C@]23C4O[C@@H](OC(=O)c5ccc(-c6ccccc6)cc5)[C@]12O[C@@H]1OC(=O)[C@H](OC)[C@@]13[C@H](C(C)(C)C)[C@H]4OC(C)=O. The standard InChI is InChI=1S/C37H42O11/c1-19(29(39)43-7)24-17-18-35-27-25(44-20(2)38)26(34(3,4)5)36(35)28(42-6)31(41)47-32(36)48-37(24,35)33(45-27)46-30(40)23-15-13-22(14-16-23)21-11-9-8-10-12-21/h8-16,19,24-28,32-33H,17-18H2,1-7H3/t19?,24-,25-,26+,27?,28+,32+,33+,35-,36+,37-/m1/s1. The van der Waals surface area contributed by atoms with Crippen molar-refractivity contribution in [3.8, 4) is 11.1 Å². The van der Waals surface area contributed by atoms with Gasteiger partial charge in [0.2, 0.25) is 12.6 Å². The predicted octanol–water partition coefficient (Wildman–Crippen LogP) is 4.70. The number of methoxy groups -OCH3 is 2. The van der Waals surface area contributed by atoms with Crippen molar-refractivity contribution in [2.75, 3.05) is 14.2 Å². The molecule has 3 saturated heterocycles. The largest absolute Gasteiger partial charge is 0.469 e. The zero-order valence-corrected chi connectivity index (χ0v) is 28.2. The molecule has 2 spiro atoms. The lowest BCUT2D eigenvalue weighted by Crippen LogP contribution is -2.61. The van der Waals surface area contributed by atoms with Gasteiger partial charge in [-0.05, 0) is 41.5 Å². The summed E-state index contributed by atoms with van der Waals surface area (Å²) in [6.07, 6.45) is -4.49. The van der Waals surface area contributed by atoms with E-state index in [1.54, 1.807) is 19.1 Å². The van der Waals surface area contributed by atoms with Gasteiger partial charge in [0.15, 0.2) is 6.10 Å². The first-order chi connectivity index (χ1) is 22.8. The average molecular weight is 663 g/mol. The van der Waals surface area contributed by atoms with Crippen molar-refractivity contribution >= 4 is 23.9 Å². The van der Waals surface area contributed by atoms with Crippen LogP contribution in [0.1, 0.15) is 57.8 Å². The van der Waals surface area contributed by atoms with Crippen LogP contribution in [0.2, 0.25) is 0 Å². The monoisotopic (exact) mass is 662 g/mol. The zero-order valence-electron chi connectivity index (χ0n) is 28.2. The van der Waals surface area contributed by atoms with Gasteiger partial charge in [-0.1, -0.05) is 70.2 Å². The molecule has 7 rings (SSSR count). The fourth-order valence-corrected chi connectivity index (χ4v) is 10.5. The summed E-state index contributed by atoms with van der Waals surface area (Å²) in [6, 6.07) is 16.8. The Morgan fingerprint density at radius 2 is 1.62 bits per heavy atom. The van der Waals surface area contributed by atoms with Crippen molar-refractivity contribution in [2.24, 2.45) is 34.0 Å². The van der Waals surface area contributed by atoms with Crippen LogP contribution >= 0.6 is 0 Å². The molecule has 3 heterocycles. The molecule has 2 aromatic carbocycles. The topological polar surface area (TPSA) is 133 Å². The highest BCUT2D eigenvalue weighted by molar-refractivity contribution is 5.90. The van der Waals surface area contributed by atoms with Gasteiger partial charge in [0.25, 0.3) is 0 Å². The highest BCUT2D eigenvalue weighted by atomic mass is 16.8. The quantitative estimate of drug-likeness (QED) is 0.302. The van der Waals surface area contributed by atoms with Gasteiger partial charge in [0.05, 0.1) is 29.4 Å². The van der Waals surface area contributed by atoms with Crippen LogP contribution in [0.4, 0.5) is 0 Å². The van der Waals surface area contributed by atoms with E-state index in [9.17, 15) is 19.2 Å². The predicted molar refractivity (Wildman–Crippen MR) is 168 cm³/mol. The van der Waals surface area contributed by atoms with E-state index in [-0.39, 0.29) is 5.56 Å². The van der Waals surface area contributed by atoms with E-state index in [0.717, 1.165) is 11.1 Å². The van der Waals surface area contributed by atoms with Crippen molar-refractivity contribution in [3.05, 3.63) is 60.2 Å². The first kappa shape index (κ1) is 32.7. The lowest BCUT2D eigenvalue weighted by molar-refractivity contribution is -0.253. The first-order valence-corrected chi connectivity index (χ1v) is 16.5. The number of rotatable bonds is 7. The van der Waals surface area contributed by atoms with Crippen molar-refractivity contribution < 1.29 is 52.3 Å². The normalized spacial score (nSPS) is 38.1. The van der Waals surface area contributed by atoms with E-state index in [1.807, 2.05) is 63.2 Å². The molecule has 0 aromatic heterocycles. The third-order valence-corrected chi connectivity index (χ3v) is 11.8. The van der Waals surface area contributed by atoms with Crippen LogP contribution in [-0.2, 0) is 47.5 Å².